The van der Waals surface area contributed by atoms with E-state index in [0.29, 0.717) is 24.7 Å². The summed E-state index contributed by atoms with van der Waals surface area (Å²) in [6.45, 7) is 5.37. The van der Waals surface area contributed by atoms with Crippen LogP contribution in [0.25, 0.3) is 11.1 Å². The number of carbonyl (C=O) groups is 1. The van der Waals surface area contributed by atoms with Gasteiger partial charge < -0.3 is 14.5 Å². The molecule has 3 aromatic rings. The van der Waals surface area contributed by atoms with E-state index >= 15 is 0 Å². The van der Waals surface area contributed by atoms with Crippen LogP contribution in [-0.2, 0) is 0 Å². The van der Waals surface area contributed by atoms with Crippen molar-refractivity contribution < 1.29 is 9.53 Å². The first-order chi connectivity index (χ1) is 15.4. The van der Waals surface area contributed by atoms with Gasteiger partial charge in [0.15, 0.2) is 0 Å². The molecule has 1 amide bonds. The maximum absolute atomic E-state index is 13.2. The number of amides is 1. The normalized spacial score (nSPS) is 15.9. The number of carbonyl (C=O) groups excluding carboxylic acids is 1. The number of aromatic nitrogens is 4. The maximum Gasteiger partial charge on any atom is 0.272 e. The zero-order valence-corrected chi connectivity index (χ0v) is 19.3. The molecule has 4 rings (SSSR count). The molecule has 8 heteroatoms. The first-order valence-corrected chi connectivity index (χ1v) is 10.9. The van der Waals surface area contributed by atoms with E-state index in [0.717, 1.165) is 29.0 Å². The van der Waals surface area contributed by atoms with Crippen LogP contribution in [0.5, 0.6) is 5.75 Å². The van der Waals surface area contributed by atoms with Crippen LogP contribution < -0.4 is 9.64 Å². The summed E-state index contributed by atoms with van der Waals surface area (Å²) in [6.07, 6.45) is 4.43. The van der Waals surface area contributed by atoms with Gasteiger partial charge in [-0.05, 0) is 44.0 Å². The summed E-state index contributed by atoms with van der Waals surface area (Å²) in [5, 5.41) is 4.32. The zero-order valence-electron chi connectivity index (χ0n) is 19.3. The summed E-state index contributed by atoms with van der Waals surface area (Å²) in [4.78, 5) is 26.5. The number of hydrogen-bond donors (Lipinski definition) is 0. The molecule has 0 spiro atoms. The molecule has 0 unspecified atom stereocenters. The third-order valence-electron chi connectivity index (χ3n) is 5.85. The van der Waals surface area contributed by atoms with Crippen molar-refractivity contribution in [2.45, 2.75) is 32.2 Å². The third-order valence-corrected chi connectivity index (χ3v) is 5.85. The number of nitrogens with zero attached hydrogens (tertiary/aromatic N) is 6. The van der Waals surface area contributed by atoms with Crippen molar-refractivity contribution in [1.29, 1.82) is 0 Å². The van der Waals surface area contributed by atoms with Gasteiger partial charge in [0.25, 0.3) is 5.91 Å². The van der Waals surface area contributed by atoms with Gasteiger partial charge in [-0.15, -0.1) is 0 Å². The Morgan fingerprint density at radius 2 is 1.94 bits per heavy atom. The molecule has 1 atom stereocenters. The molecule has 8 nitrogen and oxygen atoms in total. The Bertz CT molecular complexity index is 1090. The van der Waals surface area contributed by atoms with Crippen LogP contribution >= 0.6 is 0 Å². The van der Waals surface area contributed by atoms with Gasteiger partial charge in [-0.2, -0.15) is 5.10 Å². The summed E-state index contributed by atoms with van der Waals surface area (Å²) in [7, 11) is 5.53. The lowest BCUT2D eigenvalue weighted by Gasteiger charge is -2.20. The standard InChI is InChI=1S/C24H30N6O2/c1-16(2)30-21(10-12-26-30)23(31)29-13-11-18(15-29)22-20(14-25-24(27-22)28(3)4)17-6-8-19(32-5)9-7-17/h6-10,12,14,16,18H,11,13,15H2,1-5H3/t18-/m0/s1. The molecule has 1 aromatic carbocycles. The Morgan fingerprint density at radius 1 is 1.19 bits per heavy atom. The summed E-state index contributed by atoms with van der Waals surface area (Å²) < 4.78 is 7.08. The molecule has 0 radical (unpaired) electrons. The summed E-state index contributed by atoms with van der Waals surface area (Å²) in [5.41, 5.74) is 3.63. The Balaban J connectivity index is 1.64. The van der Waals surface area contributed by atoms with E-state index in [2.05, 4.69) is 10.1 Å². The van der Waals surface area contributed by atoms with Crippen molar-refractivity contribution in [2.24, 2.45) is 0 Å². The molecule has 0 N–H and O–H groups in total. The first-order valence-electron chi connectivity index (χ1n) is 10.9. The van der Waals surface area contributed by atoms with E-state index in [1.807, 2.05) is 68.2 Å². The van der Waals surface area contributed by atoms with Gasteiger partial charge in [0.2, 0.25) is 5.95 Å². The topological polar surface area (TPSA) is 76.4 Å². The van der Waals surface area contributed by atoms with Gasteiger partial charge in [0.05, 0.1) is 12.8 Å². The van der Waals surface area contributed by atoms with Crippen molar-refractivity contribution in [2.75, 3.05) is 39.2 Å². The van der Waals surface area contributed by atoms with E-state index in [4.69, 9.17) is 9.72 Å². The molecule has 0 bridgehead atoms. The lowest BCUT2D eigenvalue weighted by Crippen LogP contribution is -2.31. The van der Waals surface area contributed by atoms with E-state index in [1.165, 1.54) is 0 Å². The number of hydrogen-bond acceptors (Lipinski definition) is 6. The van der Waals surface area contributed by atoms with Gasteiger partial charge in [-0.3, -0.25) is 9.48 Å². The maximum atomic E-state index is 13.2. The lowest BCUT2D eigenvalue weighted by atomic mass is 9.96. The monoisotopic (exact) mass is 434 g/mol. The molecule has 2 aromatic heterocycles. The van der Waals surface area contributed by atoms with E-state index in [9.17, 15) is 4.79 Å². The van der Waals surface area contributed by atoms with E-state index < -0.39 is 0 Å². The molecule has 168 valence electrons. The fourth-order valence-electron chi connectivity index (χ4n) is 4.13. The van der Waals surface area contributed by atoms with Gasteiger partial charge >= 0.3 is 0 Å². The highest BCUT2D eigenvalue weighted by atomic mass is 16.5. The fourth-order valence-corrected chi connectivity index (χ4v) is 4.13. The largest absolute Gasteiger partial charge is 0.497 e. The highest BCUT2D eigenvalue weighted by Crippen LogP contribution is 2.35. The minimum absolute atomic E-state index is 0.0200. The number of likely N-dealkylation sites (tertiary alicyclic amines) is 1. The summed E-state index contributed by atoms with van der Waals surface area (Å²) in [6, 6.07) is 9.86. The smallest absolute Gasteiger partial charge is 0.272 e. The number of ether oxygens (including phenoxy) is 1. The van der Waals surface area contributed by atoms with Crippen LogP contribution in [0.15, 0.2) is 42.7 Å². The van der Waals surface area contributed by atoms with Gasteiger partial charge in [-0.25, -0.2) is 9.97 Å². The zero-order chi connectivity index (χ0) is 22.8. The van der Waals surface area contributed by atoms with Crippen LogP contribution in [0.2, 0.25) is 0 Å². The van der Waals surface area contributed by atoms with Gasteiger partial charge in [0, 0.05) is 57.1 Å². The fraction of sp³-hybridized carbons (Fsp3) is 0.417. The van der Waals surface area contributed by atoms with Crippen LogP contribution in [0.4, 0.5) is 5.95 Å². The van der Waals surface area contributed by atoms with Crippen LogP contribution in [0.1, 0.15) is 48.4 Å². The Hall–Kier alpha value is -3.42. The minimum Gasteiger partial charge on any atom is -0.497 e. The van der Waals surface area contributed by atoms with Crippen molar-refractivity contribution in [1.82, 2.24) is 24.6 Å². The quantitative estimate of drug-likeness (QED) is 0.590. The molecule has 0 aliphatic carbocycles. The third kappa shape index (κ3) is 4.17. The molecule has 1 aliphatic heterocycles. The Morgan fingerprint density at radius 3 is 2.59 bits per heavy atom. The highest BCUT2D eigenvalue weighted by molar-refractivity contribution is 5.92. The molecule has 1 aliphatic rings. The van der Waals surface area contributed by atoms with Crippen LogP contribution in [-0.4, -0.2) is 64.9 Å². The van der Waals surface area contributed by atoms with E-state index in [1.54, 1.807) is 24.1 Å². The molecule has 0 saturated carbocycles. The number of methoxy groups -OCH3 is 1. The first kappa shape index (κ1) is 21.8. The average Bonchev–Trinajstić information content (AvgIpc) is 3.48. The van der Waals surface area contributed by atoms with Gasteiger partial charge in [0.1, 0.15) is 11.4 Å². The van der Waals surface area contributed by atoms with Crippen molar-refractivity contribution in [3.05, 3.63) is 54.1 Å². The van der Waals surface area contributed by atoms with Crippen LogP contribution in [0.3, 0.4) is 0 Å². The SMILES string of the molecule is COc1ccc(-c2cnc(N(C)C)nc2[C@H]2CCN(C(=O)c3ccnn3C(C)C)C2)cc1. The second-order valence-electron chi connectivity index (χ2n) is 8.58. The second-order valence-corrected chi connectivity index (χ2v) is 8.58. The number of benzene rings is 1. The predicted octanol–water partition coefficient (Wildman–Crippen LogP) is 3.63. The molecular weight excluding hydrogens is 404 g/mol. The summed E-state index contributed by atoms with van der Waals surface area (Å²) in [5.74, 6) is 1.63. The van der Waals surface area contributed by atoms with Gasteiger partial charge in [-0.1, -0.05) is 12.1 Å². The molecule has 32 heavy (non-hydrogen) atoms. The van der Waals surface area contributed by atoms with Crippen molar-refractivity contribution in [3.8, 4) is 16.9 Å². The van der Waals surface area contributed by atoms with Crippen LogP contribution in [0, 0.1) is 0 Å². The molecule has 3 heterocycles. The average molecular weight is 435 g/mol. The second kappa shape index (κ2) is 8.98. The molecular formula is C24H30N6O2. The molecule has 1 fully saturated rings. The summed E-state index contributed by atoms with van der Waals surface area (Å²) >= 11 is 0. The number of rotatable bonds is 6. The van der Waals surface area contributed by atoms with E-state index in [-0.39, 0.29) is 17.9 Å². The Labute approximate surface area is 188 Å². The van der Waals surface area contributed by atoms with Crippen molar-refractivity contribution >= 4 is 11.9 Å². The predicted molar refractivity (Wildman–Crippen MR) is 124 cm³/mol. The lowest BCUT2D eigenvalue weighted by molar-refractivity contribution is 0.0776. The Kier molecular flexibility index (Phi) is 6.12. The highest BCUT2D eigenvalue weighted by Gasteiger charge is 2.32. The van der Waals surface area contributed by atoms with Crippen molar-refractivity contribution in [3.63, 3.8) is 0 Å². The minimum atomic E-state index is 0.0200. The number of anilines is 1. The molecule has 1 saturated heterocycles.